The molecule has 0 spiro atoms. The van der Waals surface area contributed by atoms with E-state index in [1.807, 2.05) is 27.2 Å². The van der Waals surface area contributed by atoms with Crippen molar-refractivity contribution in [2.24, 2.45) is 0 Å². The Morgan fingerprint density at radius 1 is 0.643 bits per heavy atom. The predicted octanol–water partition coefficient (Wildman–Crippen LogP) is 11.3. The van der Waals surface area contributed by atoms with Crippen molar-refractivity contribution in [3.8, 4) is 0 Å². The van der Waals surface area contributed by atoms with Gasteiger partial charge in [-0.2, -0.15) is 0 Å². The third-order valence-electron chi connectivity index (χ3n) is 8.78. The normalized spacial score (nSPS) is 15.3. The Labute approximate surface area is 343 Å². The molecule has 1 amide bonds. The van der Waals surface area contributed by atoms with E-state index in [9.17, 15) is 19.4 Å². The predicted molar refractivity (Wildman–Crippen MR) is 237 cm³/mol. The molecule has 0 aromatic rings. The van der Waals surface area contributed by atoms with Gasteiger partial charge < -0.3 is 28.8 Å². The van der Waals surface area contributed by atoms with E-state index in [0.717, 1.165) is 83.5 Å². The first-order valence-corrected chi connectivity index (χ1v) is 23.1. The minimum Gasteiger partial charge on any atom is -0.756 e. The molecule has 0 saturated carbocycles. The number of hydrogen-bond donors (Lipinski definition) is 2. The molecule has 0 aliphatic heterocycles. The van der Waals surface area contributed by atoms with Crippen LogP contribution in [0.15, 0.2) is 97.2 Å². The number of nitrogens with one attached hydrogen (secondary N) is 1. The van der Waals surface area contributed by atoms with Crippen LogP contribution in [0.3, 0.4) is 0 Å². The van der Waals surface area contributed by atoms with Crippen LogP contribution in [0.1, 0.15) is 142 Å². The summed E-state index contributed by atoms with van der Waals surface area (Å²) in [7, 11) is 1.20. The van der Waals surface area contributed by atoms with Crippen molar-refractivity contribution in [3.63, 3.8) is 0 Å². The zero-order chi connectivity index (χ0) is 41.4. The number of allylic oxidation sites excluding steroid dienone is 15. The monoisotopic (exact) mass is 801 g/mol. The van der Waals surface area contributed by atoms with Gasteiger partial charge in [0.1, 0.15) is 13.2 Å². The highest BCUT2D eigenvalue weighted by molar-refractivity contribution is 7.45. The second kappa shape index (κ2) is 38.0. The number of aliphatic hydroxyl groups is 1. The van der Waals surface area contributed by atoms with Gasteiger partial charge in [0.2, 0.25) is 5.91 Å². The number of quaternary nitrogens is 1. The fraction of sp³-hybridized carbons (Fsp3) is 0.638. The molecule has 0 fully saturated rings. The first-order chi connectivity index (χ1) is 27.0. The van der Waals surface area contributed by atoms with Crippen molar-refractivity contribution in [3.05, 3.63) is 97.2 Å². The molecule has 0 aromatic carbocycles. The number of nitrogens with zero attached hydrogens (tertiary/aromatic N) is 1. The Morgan fingerprint density at radius 2 is 1.11 bits per heavy atom. The quantitative estimate of drug-likeness (QED) is 0.0280. The smallest absolute Gasteiger partial charge is 0.268 e. The van der Waals surface area contributed by atoms with Crippen molar-refractivity contribution in [1.82, 2.24) is 5.32 Å². The van der Waals surface area contributed by atoms with E-state index >= 15 is 0 Å². The van der Waals surface area contributed by atoms with E-state index in [2.05, 4.69) is 104 Å². The van der Waals surface area contributed by atoms with E-state index in [1.54, 1.807) is 6.08 Å². The maximum Gasteiger partial charge on any atom is 0.268 e. The third kappa shape index (κ3) is 39.6. The number of phosphoric ester groups is 1. The van der Waals surface area contributed by atoms with Crippen LogP contribution >= 0.6 is 7.82 Å². The average Bonchev–Trinajstić information content (AvgIpc) is 3.15. The molecule has 0 rings (SSSR count). The molecule has 3 atom stereocenters. The summed E-state index contributed by atoms with van der Waals surface area (Å²) in [5.41, 5.74) is 0. The van der Waals surface area contributed by atoms with Crippen LogP contribution in [0.4, 0.5) is 0 Å². The van der Waals surface area contributed by atoms with Gasteiger partial charge in [-0.25, -0.2) is 0 Å². The topological polar surface area (TPSA) is 108 Å². The number of rotatable bonds is 37. The molecule has 0 aliphatic rings. The number of aliphatic hydroxyl groups excluding tert-OH is 1. The molecule has 8 nitrogen and oxygen atoms in total. The summed E-state index contributed by atoms with van der Waals surface area (Å²) in [6, 6.07) is -0.921. The lowest BCUT2D eigenvalue weighted by atomic mass is 10.1. The van der Waals surface area contributed by atoms with Gasteiger partial charge in [0, 0.05) is 6.42 Å². The van der Waals surface area contributed by atoms with Crippen molar-refractivity contribution in [2.45, 2.75) is 154 Å². The van der Waals surface area contributed by atoms with Gasteiger partial charge in [0.25, 0.3) is 7.82 Å². The summed E-state index contributed by atoms with van der Waals surface area (Å²) in [4.78, 5) is 25.2. The number of carbonyl (C=O) groups excluding carboxylic acids is 1. The first kappa shape index (κ1) is 53.4. The number of phosphoric acid groups is 1. The molecular formula is C47H81N2O6P. The summed E-state index contributed by atoms with van der Waals surface area (Å²) in [5, 5.41) is 13.7. The average molecular weight is 801 g/mol. The molecule has 2 N–H and O–H groups in total. The van der Waals surface area contributed by atoms with Gasteiger partial charge >= 0.3 is 0 Å². The maximum atomic E-state index is 12.8. The highest BCUT2D eigenvalue weighted by Crippen LogP contribution is 2.38. The minimum absolute atomic E-state index is 0.0177. The van der Waals surface area contributed by atoms with Crippen LogP contribution < -0.4 is 10.2 Å². The molecule has 56 heavy (non-hydrogen) atoms. The molecular weight excluding hydrogens is 719 g/mol. The first-order valence-electron chi connectivity index (χ1n) is 21.6. The van der Waals surface area contributed by atoms with Crippen molar-refractivity contribution >= 4 is 13.7 Å². The van der Waals surface area contributed by atoms with Gasteiger partial charge in [-0.15, -0.1) is 0 Å². The fourth-order valence-electron chi connectivity index (χ4n) is 5.34. The van der Waals surface area contributed by atoms with Gasteiger partial charge in [-0.05, 0) is 83.5 Å². The third-order valence-corrected chi connectivity index (χ3v) is 9.74. The Morgan fingerprint density at radius 3 is 1.64 bits per heavy atom. The van der Waals surface area contributed by atoms with Crippen molar-refractivity contribution in [1.29, 1.82) is 0 Å². The molecule has 0 saturated heterocycles. The molecule has 0 heterocycles. The van der Waals surface area contributed by atoms with Crippen LogP contribution in [0, 0.1) is 0 Å². The molecule has 0 aromatic heterocycles. The molecule has 9 heteroatoms. The number of hydrogen-bond acceptors (Lipinski definition) is 6. The number of unbranched alkanes of at least 4 members (excludes halogenated alkanes) is 10. The molecule has 0 radical (unpaired) electrons. The van der Waals surface area contributed by atoms with Crippen LogP contribution in [0.5, 0.6) is 0 Å². The summed E-state index contributed by atoms with van der Waals surface area (Å²) in [5.74, 6) is -0.239. The highest BCUT2D eigenvalue weighted by atomic mass is 31.2. The number of amides is 1. The van der Waals surface area contributed by atoms with Gasteiger partial charge in [-0.1, -0.05) is 150 Å². The van der Waals surface area contributed by atoms with Gasteiger partial charge in [-0.3, -0.25) is 9.36 Å². The molecule has 3 unspecified atom stereocenters. The second-order valence-electron chi connectivity index (χ2n) is 15.3. The molecule has 0 aliphatic carbocycles. The van der Waals surface area contributed by atoms with E-state index in [4.69, 9.17) is 9.05 Å². The van der Waals surface area contributed by atoms with Crippen LogP contribution in [0.2, 0.25) is 0 Å². The van der Waals surface area contributed by atoms with Crippen LogP contribution in [-0.4, -0.2) is 68.5 Å². The van der Waals surface area contributed by atoms with E-state index < -0.39 is 26.6 Å². The fourth-order valence-corrected chi connectivity index (χ4v) is 6.07. The van der Waals surface area contributed by atoms with Crippen molar-refractivity contribution in [2.75, 3.05) is 40.9 Å². The zero-order valence-electron chi connectivity index (χ0n) is 36.0. The number of carbonyl (C=O) groups is 1. The Bertz CT molecular complexity index is 1230. The molecule has 320 valence electrons. The standard InChI is InChI=1S/C47H81N2O6P/c1-6-8-10-12-14-16-18-19-20-21-22-23-24-25-26-27-28-29-31-33-35-37-39-41-47(51)48-45(44-55-56(52,53)54-43-42-49(3,4)5)46(50)40-38-36-34-32-30-17-15-13-11-9-7-2/h8,10,14,16,19-20,22-23,25-26,28-30,32,38,40,45-46,50H,6-7,9,11-13,15,17-18,21,24,27,31,33-37,39,41-44H2,1-5H3,(H-,48,51,52,53)/b10-8-,16-14-,20-19-,23-22-,26-25-,29-28-,32-30+,40-38+. The lowest BCUT2D eigenvalue weighted by Crippen LogP contribution is -2.45. The number of likely N-dealkylation sites (N-methyl/N-ethyl adjacent to an activating group) is 1. The lowest BCUT2D eigenvalue weighted by Gasteiger charge is -2.29. The SMILES string of the molecule is CC/C=C\C/C=C\C/C=C\C/C=C\C/C=C\C/C=C\CCCCCCC(=O)NC(COP(=O)([O-])OCC[N+](C)(C)C)C(O)/C=C/CC/C=C/CCCCCCC. The summed E-state index contributed by atoms with van der Waals surface area (Å²) >= 11 is 0. The Hall–Kier alpha value is -2.58. The largest absolute Gasteiger partial charge is 0.756 e. The van der Waals surface area contributed by atoms with E-state index in [0.29, 0.717) is 23.9 Å². The van der Waals surface area contributed by atoms with Crippen LogP contribution in [-0.2, 0) is 18.4 Å². The Balaban J connectivity index is 4.48. The maximum absolute atomic E-state index is 12.8. The second-order valence-corrected chi connectivity index (χ2v) is 16.7. The van der Waals surface area contributed by atoms with Gasteiger partial charge in [0.05, 0.1) is 39.9 Å². The van der Waals surface area contributed by atoms with Gasteiger partial charge in [0.15, 0.2) is 0 Å². The summed E-state index contributed by atoms with van der Waals surface area (Å²) in [6.45, 7) is 4.42. The van der Waals surface area contributed by atoms with Crippen molar-refractivity contribution < 1.29 is 32.9 Å². The van der Waals surface area contributed by atoms with E-state index in [1.165, 1.54) is 32.1 Å². The van der Waals surface area contributed by atoms with Crippen LogP contribution in [0.25, 0.3) is 0 Å². The minimum atomic E-state index is -4.61. The molecule has 0 bridgehead atoms. The summed E-state index contributed by atoms with van der Waals surface area (Å²) in [6.07, 6.45) is 53.2. The Kier molecular flexibility index (Phi) is 36.2. The lowest BCUT2D eigenvalue weighted by molar-refractivity contribution is -0.870. The zero-order valence-corrected chi connectivity index (χ0v) is 36.9. The highest BCUT2D eigenvalue weighted by Gasteiger charge is 2.23. The summed E-state index contributed by atoms with van der Waals surface area (Å²) < 4.78 is 23.1. The van der Waals surface area contributed by atoms with E-state index in [-0.39, 0.29) is 12.5 Å².